The van der Waals surface area contributed by atoms with E-state index in [1.54, 1.807) is 0 Å². The predicted octanol–water partition coefficient (Wildman–Crippen LogP) is -5.01. The first kappa shape index (κ1) is 25.7. The molecule has 28 heavy (non-hydrogen) atoms. The number of nitrogens with two attached hydrogens (primary N) is 1. The number of aliphatic hydroxyl groups excluding tert-OH is 4. The lowest BCUT2D eigenvalue weighted by atomic mass is 10.1. The van der Waals surface area contributed by atoms with Crippen LogP contribution in [0.2, 0.25) is 0 Å². The minimum absolute atomic E-state index is 0.885. The van der Waals surface area contributed by atoms with E-state index < -0.39 is 72.8 Å². The molecule has 3 amide bonds. The summed E-state index contributed by atoms with van der Waals surface area (Å²) in [6, 6.07) is -6.27. The van der Waals surface area contributed by atoms with Gasteiger partial charge in [0.05, 0.1) is 24.9 Å². The first-order valence-electron chi connectivity index (χ1n) is 8.38. The fraction of sp³-hybridized carbons (Fsp3) is 0.733. The number of hydrogen-bond acceptors (Lipinski definition) is 9. The molecule has 0 aromatic heterocycles. The Bertz CT molecular complexity index is 568. The van der Waals surface area contributed by atoms with Crippen LogP contribution in [0.5, 0.6) is 0 Å². The van der Waals surface area contributed by atoms with E-state index >= 15 is 0 Å². The van der Waals surface area contributed by atoms with Crippen molar-refractivity contribution < 1.29 is 44.7 Å². The fourth-order valence-electron chi connectivity index (χ4n) is 1.97. The van der Waals surface area contributed by atoms with Gasteiger partial charge in [0.25, 0.3) is 0 Å². The van der Waals surface area contributed by atoms with Crippen LogP contribution in [0.3, 0.4) is 0 Å². The zero-order chi connectivity index (χ0) is 22.2. The molecule has 0 aromatic rings. The number of rotatable bonds is 11. The summed E-state index contributed by atoms with van der Waals surface area (Å²) < 4.78 is 0. The summed E-state index contributed by atoms with van der Waals surface area (Å²) in [6.45, 7) is 2.62. The van der Waals surface area contributed by atoms with E-state index in [0.717, 1.165) is 13.8 Å². The third kappa shape index (κ3) is 7.74. The number of aliphatic hydroxyl groups is 4. The van der Waals surface area contributed by atoms with Gasteiger partial charge in [0.15, 0.2) is 6.04 Å². The molecular weight excluding hydrogens is 380 g/mol. The Balaban J connectivity index is 5.20. The number of hydrogen-bond donors (Lipinski definition) is 9. The summed E-state index contributed by atoms with van der Waals surface area (Å²) in [7, 11) is 0. The summed E-state index contributed by atoms with van der Waals surface area (Å²) >= 11 is 0. The van der Waals surface area contributed by atoms with Gasteiger partial charge in [-0.15, -0.1) is 0 Å². The molecule has 0 spiro atoms. The molecule has 0 saturated carbocycles. The van der Waals surface area contributed by atoms with Gasteiger partial charge in [0, 0.05) is 0 Å². The number of nitrogens with one attached hydrogen (secondary N) is 3. The first-order chi connectivity index (χ1) is 12.8. The van der Waals surface area contributed by atoms with Crippen molar-refractivity contribution in [3.63, 3.8) is 0 Å². The number of carbonyl (C=O) groups is 4. The number of aliphatic carboxylic acids is 1. The third-order valence-electron chi connectivity index (χ3n) is 3.75. The lowest BCUT2D eigenvalue weighted by molar-refractivity contribution is -0.146. The molecule has 0 saturated heterocycles. The number of amides is 3. The summed E-state index contributed by atoms with van der Waals surface area (Å²) in [4.78, 5) is 47.3. The van der Waals surface area contributed by atoms with Gasteiger partial charge in [-0.3, -0.25) is 14.4 Å². The first-order valence-corrected chi connectivity index (χ1v) is 8.38. The lowest BCUT2D eigenvalue weighted by Gasteiger charge is -2.26. The van der Waals surface area contributed by atoms with Crippen LogP contribution in [-0.4, -0.2) is 98.3 Å². The highest BCUT2D eigenvalue weighted by atomic mass is 16.4. The Morgan fingerprint density at radius 2 is 1.25 bits per heavy atom. The predicted molar refractivity (Wildman–Crippen MR) is 93.5 cm³/mol. The van der Waals surface area contributed by atoms with Crippen molar-refractivity contribution in [2.24, 2.45) is 5.73 Å². The van der Waals surface area contributed by atoms with Gasteiger partial charge in [0.2, 0.25) is 17.7 Å². The molecule has 0 rings (SSSR count). The maximum Gasteiger partial charge on any atom is 0.328 e. The van der Waals surface area contributed by atoms with Crippen LogP contribution >= 0.6 is 0 Å². The minimum atomic E-state index is -1.69. The molecule has 0 radical (unpaired) electrons. The average molecular weight is 408 g/mol. The second kappa shape index (κ2) is 11.5. The van der Waals surface area contributed by atoms with Crippen molar-refractivity contribution in [3.05, 3.63) is 0 Å². The molecule has 13 heteroatoms. The molecule has 10 N–H and O–H groups in total. The Morgan fingerprint density at radius 3 is 1.61 bits per heavy atom. The topological polar surface area (TPSA) is 232 Å². The van der Waals surface area contributed by atoms with E-state index in [2.05, 4.69) is 10.6 Å². The van der Waals surface area contributed by atoms with Crippen LogP contribution in [0.15, 0.2) is 0 Å². The fourth-order valence-corrected chi connectivity index (χ4v) is 1.97. The van der Waals surface area contributed by atoms with E-state index in [1.807, 2.05) is 5.32 Å². The van der Waals surface area contributed by atoms with Crippen LogP contribution in [-0.2, 0) is 19.2 Å². The van der Waals surface area contributed by atoms with Gasteiger partial charge in [-0.25, -0.2) is 4.79 Å². The van der Waals surface area contributed by atoms with Crippen molar-refractivity contribution >= 4 is 23.7 Å². The quantitative estimate of drug-likeness (QED) is 0.158. The van der Waals surface area contributed by atoms with Gasteiger partial charge < -0.3 is 47.2 Å². The summed E-state index contributed by atoms with van der Waals surface area (Å²) in [5.74, 6) is -4.66. The molecule has 0 aliphatic rings. The second-order valence-corrected chi connectivity index (χ2v) is 6.30. The van der Waals surface area contributed by atoms with E-state index in [-0.39, 0.29) is 0 Å². The molecule has 7 atom stereocenters. The van der Waals surface area contributed by atoms with Gasteiger partial charge in [0.1, 0.15) is 18.1 Å². The standard InChI is InChI=1S/C15H28N4O9/c1-5(21)9(16)13(25)17-8(4-20)12(24)18-10(6(2)22)14(26)19-11(7(3)23)15(27)28/h5-11,20-23H,4,16H2,1-3H3,(H,17,25)(H,18,24)(H,19,26)(H,27,28). The van der Waals surface area contributed by atoms with Gasteiger partial charge in [-0.05, 0) is 20.8 Å². The molecule has 0 aromatic carbocycles. The maximum atomic E-state index is 12.2. The minimum Gasteiger partial charge on any atom is -0.480 e. The highest BCUT2D eigenvalue weighted by Gasteiger charge is 2.34. The van der Waals surface area contributed by atoms with Crippen LogP contribution in [0.4, 0.5) is 0 Å². The Kier molecular flexibility index (Phi) is 10.6. The Labute approximate surface area is 160 Å². The zero-order valence-electron chi connectivity index (χ0n) is 15.7. The SMILES string of the molecule is CC(O)C(N)C(=O)NC(CO)C(=O)NC(C(=O)NC(C(=O)O)C(C)O)C(C)O. The largest absolute Gasteiger partial charge is 0.480 e. The second-order valence-electron chi connectivity index (χ2n) is 6.30. The van der Waals surface area contributed by atoms with Crippen LogP contribution < -0.4 is 21.7 Å². The molecule has 0 fully saturated rings. The average Bonchev–Trinajstić information content (AvgIpc) is 2.59. The summed E-state index contributed by atoms with van der Waals surface area (Å²) in [6.07, 6.45) is -4.17. The smallest absolute Gasteiger partial charge is 0.328 e. The van der Waals surface area contributed by atoms with Crippen molar-refractivity contribution in [3.8, 4) is 0 Å². The molecule has 162 valence electrons. The molecule has 0 bridgehead atoms. The molecular formula is C15H28N4O9. The van der Waals surface area contributed by atoms with Gasteiger partial charge in [-0.2, -0.15) is 0 Å². The highest BCUT2D eigenvalue weighted by Crippen LogP contribution is 2.00. The molecule has 0 aliphatic carbocycles. The van der Waals surface area contributed by atoms with Gasteiger partial charge in [-0.1, -0.05) is 0 Å². The van der Waals surface area contributed by atoms with Crippen LogP contribution in [0, 0.1) is 0 Å². The van der Waals surface area contributed by atoms with Gasteiger partial charge >= 0.3 is 5.97 Å². The molecule has 0 heterocycles. The van der Waals surface area contributed by atoms with E-state index in [9.17, 15) is 39.6 Å². The lowest BCUT2D eigenvalue weighted by Crippen LogP contribution is -2.61. The normalized spacial score (nSPS) is 18.6. The Hall–Kier alpha value is -2.32. The monoisotopic (exact) mass is 408 g/mol. The number of carbonyl (C=O) groups excluding carboxylic acids is 3. The third-order valence-corrected chi connectivity index (χ3v) is 3.75. The number of carboxylic acids is 1. The maximum absolute atomic E-state index is 12.2. The highest BCUT2D eigenvalue weighted by molar-refractivity contribution is 5.94. The summed E-state index contributed by atoms with van der Waals surface area (Å²) in [5.41, 5.74) is 5.41. The van der Waals surface area contributed by atoms with Crippen molar-refractivity contribution in [2.45, 2.75) is 63.3 Å². The van der Waals surface area contributed by atoms with E-state index in [1.165, 1.54) is 6.92 Å². The zero-order valence-corrected chi connectivity index (χ0v) is 15.7. The molecule has 7 unspecified atom stereocenters. The van der Waals surface area contributed by atoms with Crippen LogP contribution in [0.25, 0.3) is 0 Å². The summed E-state index contributed by atoms with van der Waals surface area (Å²) in [5, 5.41) is 52.8. The van der Waals surface area contributed by atoms with Crippen molar-refractivity contribution in [2.75, 3.05) is 6.61 Å². The molecule has 0 aliphatic heterocycles. The van der Waals surface area contributed by atoms with Crippen LogP contribution in [0.1, 0.15) is 20.8 Å². The number of carboxylic acid groups (broad SMARTS) is 1. The van der Waals surface area contributed by atoms with E-state index in [0.29, 0.717) is 0 Å². The molecule has 13 nitrogen and oxygen atoms in total. The van der Waals surface area contributed by atoms with E-state index in [4.69, 9.17) is 10.8 Å². The Morgan fingerprint density at radius 1 is 0.786 bits per heavy atom. The van der Waals surface area contributed by atoms with Crippen molar-refractivity contribution in [1.82, 2.24) is 16.0 Å². The van der Waals surface area contributed by atoms with Crippen molar-refractivity contribution in [1.29, 1.82) is 0 Å².